The minimum absolute atomic E-state index is 0.0279. The summed E-state index contributed by atoms with van der Waals surface area (Å²) in [5, 5.41) is 2.82. The van der Waals surface area contributed by atoms with Gasteiger partial charge in [-0.05, 0) is 44.4 Å². The number of rotatable bonds is 4. The smallest absolute Gasteiger partial charge is 0.322 e. The van der Waals surface area contributed by atoms with Gasteiger partial charge in [0.15, 0.2) is 0 Å². The second-order valence-electron chi connectivity index (χ2n) is 7.55. The molecule has 0 radical (unpaired) electrons. The van der Waals surface area contributed by atoms with Crippen LogP contribution in [0.25, 0.3) is 0 Å². The first-order valence-corrected chi connectivity index (χ1v) is 10.0. The third-order valence-electron chi connectivity index (χ3n) is 5.77. The van der Waals surface area contributed by atoms with Crippen molar-refractivity contribution < 1.29 is 9.59 Å². The molecule has 1 atom stereocenters. The summed E-state index contributed by atoms with van der Waals surface area (Å²) >= 11 is 0. The van der Waals surface area contributed by atoms with Crippen LogP contribution in [0.2, 0.25) is 0 Å². The molecule has 0 bridgehead atoms. The standard InChI is InChI=1S/C21H27N5O2/c1-3-24-11-8-22-19(24)17-5-4-10-25(14-17)20(27)16-7-6-15(2)18(13-16)26-12-9-23-21(26)28/h6-8,11,13,17H,3-5,9-10,12,14H2,1-2H3,(H,23,28)/t17-/m1/s1. The summed E-state index contributed by atoms with van der Waals surface area (Å²) in [5.74, 6) is 1.36. The first-order chi connectivity index (χ1) is 13.6. The average molecular weight is 381 g/mol. The minimum atomic E-state index is -0.0999. The van der Waals surface area contributed by atoms with E-state index in [9.17, 15) is 9.59 Å². The highest BCUT2D eigenvalue weighted by atomic mass is 16.2. The van der Waals surface area contributed by atoms with Crippen LogP contribution in [0.3, 0.4) is 0 Å². The third-order valence-corrected chi connectivity index (χ3v) is 5.77. The highest BCUT2D eigenvalue weighted by Gasteiger charge is 2.29. The van der Waals surface area contributed by atoms with Crippen molar-refractivity contribution in [2.24, 2.45) is 0 Å². The minimum Gasteiger partial charge on any atom is -0.338 e. The summed E-state index contributed by atoms with van der Waals surface area (Å²) in [6.07, 6.45) is 5.87. The number of benzene rings is 1. The molecule has 148 valence electrons. The lowest BCUT2D eigenvalue weighted by molar-refractivity contribution is 0.0703. The van der Waals surface area contributed by atoms with Crippen LogP contribution < -0.4 is 10.2 Å². The molecule has 0 aliphatic carbocycles. The van der Waals surface area contributed by atoms with E-state index in [1.807, 2.05) is 42.4 Å². The lowest BCUT2D eigenvalue weighted by atomic mass is 9.96. The van der Waals surface area contributed by atoms with Gasteiger partial charge in [0.1, 0.15) is 5.82 Å². The van der Waals surface area contributed by atoms with Crippen molar-refractivity contribution in [2.45, 2.75) is 39.2 Å². The number of piperidine rings is 1. The maximum atomic E-state index is 13.2. The Labute approximate surface area is 165 Å². The molecule has 28 heavy (non-hydrogen) atoms. The van der Waals surface area contributed by atoms with Crippen molar-refractivity contribution in [2.75, 3.05) is 31.1 Å². The topological polar surface area (TPSA) is 70.5 Å². The number of imidazole rings is 1. The summed E-state index contributed by atoms with van der Waals surface area (Å²) in [5.41, 5.74) is 2.45. The van der Waals surface area contributed by atoms with Crippen molar-refractivity contribution >= 4 is 17.6 Å². The Hall–Kier alpha value is -2.83. The van der Waals surface area contributed by atoms with E-state index in [1.165, 1.54) is 0 Å². The number of nitrogens with zero attached hydrogens (tertiary/aromatic N) is 4. The Morgan fingerprint density at radius 1 is 1.32 bits per heavy atom. The van der Waals surface area contributed by atoms with E-state index in [-0.39, 0.29) is 17.9 Å². The molecule has 0 spiro atoms. The molecule has 1 N–H and O–H groups in total. The van der Waals surface area contributed by atoms with Crippen molar-refractivity contribution in [3.05, 3.63) is 47.5 Å². The van der Waals surface area contributed by atoms with E-state index in [0.29, 0.717) is 25.2 Å². The summed E-state index contributed by atoms with van der Waals surface area (Å²) in [6.45, 7) is 7.67. The number of hydrogen-bond acceptors (Lipinski definition) is 3. The molecule has 1 aromatic carbocycles. The van der Waals surface area contributed by atoms with E-state index < -0.39 is 0 Å². The second kappa shape index (κ2) is 7.66. The Kier molecular flexibility index (Phi) is 5.07. The molecule has 0 saturated carbocycles. The van der Waals surface area contributed by atoms with Crippen LogP contribution in [0.1, 0.15) is 47.4 Å². The first kappa shape index (κ1) is 18.5. The predicted molar refractivity (Wildman–Crippen MR) is 108 cm³/mol. The zero-order chi connectivity index (χ0) is 19.7. The van der Waals surface area contributed by atoms with Crippen LogP contribution in [0.15, 0.2) is 30.6 Å². The number of carbonyl (C=O) groups is 2. The van der Waals surface area contributed by atoms with Crippen LogP contribution in [0.4, 0.5) is 10.5 Å². The van der Waals surface area contributed by atoms with Gasteiger partial charge < -0.3 is 14.8 Å². The van der Waals surface area contributed by atoms with Gasteiger partial charge in [0.25, 0.3) is 5.91 Å². The lowest BCUT2D eigenvalue weighted by Crippen LogP contribution is -2.40. The largest absolute Gasteiger partial charge is 0.338 e. The summed E-state index contributed by atoms with van der Waals surface area (Å²) in [4.78, 5) is 33.4. The summed E-state index contributed by atoms with van der Waals surface area (Å²) < 4.78 is 2.16. The number of aromatic nitrogens is 2. The van der Waals surface area contributed by atoms with E-state index >= 15 is 0 Å². The fraction of sp³-hybridized carbons (Fsp3) is 0.476. The van der Waals surface area contributed by atoms with Gasteiger partial charge in [-0.1, -0.05) is 6.07 Å². The second-order valence-corrected chi connectivity index (χ2v) is 7.55. The summed E-state index contributed by atoms with van der Waals surface area (Å²) in [7, 11) is 0. The number of likely N-dealkylation sites (tertiary alicyclic amines) is 1. The molecular formula is C21H27N5O2. The number of amides is 3. The Bertz CT molecular complexity index is 891. The third kappa shape index (κ3) is 3.37. The van der Waals surface area contributed by atoms with Crippen LogP contribution >= 0.6 is 0 Å². The fourth-order valence-electron chi connectivity index (χ4n) is 4.24. The van der Waals surface area contributed by atoms with E-state index in [2.05, 4.69) is 21.8 Å². The zero-order valence-corrected chi connectivity index (χ0v) is 16.5. The van der Waals surface area contributed by atoms with E-state index in [4.69, 9.17) is 0 Å². The SMILES string of the molecule is CCn1ccnc1[C@@H]1CCCN(C(=O)c2ccc(C)c(N3CCNC3=O)c2)C1. The normalized spacial score (nSPS) is 19.8. The number of carbonyl (C=O) groups excluding carboxylic acids is 2. The van der Waals surface area contributed by atoms with Gasteiger partial charge in [-0.2, -0.15) is 0 Å². The van der Waals surface area contributed by atoms with E-state index in [1.54, 1.807) is 4.90 Å². The van der Waals surface area contributed by atoms with Crippen molar-refractivity contribution in [3.63, 3.8) is 0 Å². The van der Waals surface area contributed by atoms with Crippen molar-refractivity contribution in [1.82, 2.24) is 19.8 Å². The Morgan fingerprint density at radius 2 is 2.18 bits per heavy atom. The Morgan fingerprint density at radius 3 is 2.93 bits per heavy atom. The van der Waals surface area contributed by atoms with Crippen LogP contribution in [0.5, 0.6) is 0 Å². The molecule has 0 unspecified atom stereocenters. The maximum absolute atomic E-state index is 13.2. The van der Waals surface area contributed by atoms with Crippen LogP contribution in [-0.2, 0) is 6.54 Å². The van der Waals surface area contributed by atoms with Gasteiger partial charge in [-0.3, -0.25) is 9.69 Å². The molecule has 2 aromatic rings. The molecule has 4 rings (SSSR count). The van der Waals surface area contributed by atoms with Gasteiger partial charge in [-0.15, -0.1) is 0 Å². The van der Waals surface area contributed by atoms with Gasteiger partial charge in [0.2, 0.25) is 0 Å². The van der Waals surface area contributed by atoms with Crippen LogP contribution in [0, 0.1) is 6.92 Å². The number of nitrogens with one attached hydrogen (secondary N) is 1. The predicted octanol–water partition coefficient (Wildman–Crippen LogP) is 2.76. The molecule has 3 amide bonds. The van der Waals surface area contributed by atoms with Crippen LogP contribution in [-0.4, -0.2) is 52.6 Å². The molecule has 3 heterocycles. The molecule has 1 aromatic heterocycles. The van der Waals surface area contributed by atoms with Gasteiger partial charge in [0.05, 0.1) is 0 Å². The molecule has 7 heteroatoms. The number of aryl methyl sites for hydroxylation is 2. The molecule has 7 nitrogen and oxygen atoms in total. The number of anilines is 1. The van der Waals surface area contributed by atoms with Gasteiger partial charge in [-0.25, -0.2) is 9.78 Å². The van der Waals surface area contributed by atoms with Gasteiger partial charge >= 0.3 is 6.03 Å². The Balaban J connectivity index is 1.55. The monoisotopic (exact) mass is 381 g/mol. The molecule has 2 aliphatic rings. The fourth-order valence-corrected chi connectivity index (χ4v) is 4.24. The zero-order valence-electron chi connectivity index (χ0n) is 16.5. The van der Waals surface area contributed by atoms with Gasteiger partial charge in [0, 0.05) is 62.3 Å². The maximum Gasteiger partial charge on any atom is 0.322 e. The highest BCUT2D eigenvalue weighted by Crippen LogP contribution is 2.28. The van der Waals surface area contributed by atoms with E-state index in [0.717, 1.165) is 43.0 Å². The molecule has 2 aliphatic heterocycles. The molecule has 2 saturated heterocycles. The first-order valence-electron chi connectivity index (χ1n) is 10.0. The van der Waals surface area contributed by atoms with Crippen molar-refractivity contribution in [3.8, 4) is 0 Å². The summed E-state index contributed by atoms with van der Waals surface area (Å²) in [6, 6.07) is 5.56. The molecular weight excluding hydrogens is 354 g/mol. The quantitative estimate of drug-likeness (QED) is 0.885. The average Bonchev–Trinajstić information content (AvgIpc) is 3.36. The number of hydrogen-bond donors (Lipinski definition) is 1. The van der Waals surface area contributed by atoms with Crippen molar-refractivity contribution in [1.29, 1.82) is 0 Å². The highest BCUT2D eigenvalue weighted by molar-refractivity contribution is 5.99. The molecule has 2 fully saturated rings. The number of urea groups is 1. The lowest BCUT2D eigenvalue weighted by Gasteiger charge is -2.33.